The monoisotopic (exact) mass is 285 g/mol. The summed E-state index contributed by atoms with van der Waals surface area (Å²) in [5.74, 6) is -1.33. The molecule has 1 aromatic rings. The Morgan fingerprint density at radius 2 is 2.10 bits per heavy atom. The van der Waals surface area contributed by atoms with E-state index in [-0.39, 0.29) is 29.6 Å². The van der Waals surface area contributed by atoms with Crippen LogP contribution in [0.25, 0.3) is 0 Å². The van der Waals surface area contributed by atoms with Gasteiger partial charge in [0.2, 0.25) is 0 Å². The molecule has 0 spiro atoms. The minimum absolute atomic E-state index is 0.0261. The SMILES string of the molecule is O=C(O)CC1CN(C(=O)c2cccc(OC(F)F)c2)C1. The average Bonchev–Trinajstić information content (AvgIpc) is 2.31. The predicted octanol–water partition coefficient (Wildman–Crippen LogP) is 1.83. The number of carbonyl (C=O) groups is 2. The molecule has 1 N–H and O–H groups in total. The van der Waals surface area contributed by atoms with Gasteiger partial charge in [-0.15, -0.1) is 0 Å². The van der Waals surface area contributed by atoms with Crippen LogP contribution in [0.15, 0.2) is 24.3 Å². The molecule has 1 saturated heterocycles. The first-order valence-corrected chi connectivity index (χ1v) is 6.01. The van der Waals surface area contributed by atoms with Crippen LogP contribution in [0.1, 0.15) is 16.8 Å². The van der Waals surface area contributed by atoms with Crippen LogP contribution in [0.3, 0.4) is 0 Å². The Bertz CT molecular complexity index is 515. The number of nitrogens with zero attached hydrogens (tertiary/aromatic N) is 1. The van der Waals surface area contributed by atoms with Crippen molar-refractivity contribution < 1.29 is 28.2 Å². The number of benzene rings is 1. The van der Waals surface area contributed by atoms with Crippen molar-refractivity contribution in [1.82, 2.24) is 4.90 Å². The van der Waals surface area contributed by atoms with E-state index in [0.29, 0.717) is 13.1 Å². The largest absolute Gasteiger partial charge is 0.481 e. The number of ether oxygens (including phenoxy) is 1. The van der Waals surface area contributed by atoms with E-state index in [1.165, 1.54) is 29.2 Å². The number of amides is 1. The van der Waals surface area contributed by atoms with Gasteiger partial charge < -0.3 is 14.7 Å². The third kappa shape index (κ3) is 3.43. The Hall–Kier alpha value is -2.18. The Morgan fingerprint density at radius 3 is 2.70 bits per heavy atom. The minimum Gasteiger partial charge on any atom is -0.481 e. The lowest BCUT2D eigenvalue weighted by molar-refractivity contribution is -0.139. The van der Waals surface area contributed by atoms with E-state index in [1.54, 1.807) is 0 Å². The Kier molecular flexibility index (Phi) is 4.16. The first-order chi connectivity index (χ1) is 9.45. The third-order valence-electron chi connectivity index (χ3n) is 3.01. The van der Waals surface area contributed by atoms with Crippen LogP contribution in [0, 0.1) is 5.92 Å². The van der Waals surface area contributed by atoms with Gasteiger partial charge in [0, 0.05) is 24.6 Å². The molecule has 1 heterocycles. The molecule has 0 saturated carbocycles. The number of carboxylic acids is 1. The van der Waals surface area contributed by atoms with Gasteiger partial charge in [0.05, 0.1) is 6.42 Å². The Balaban J connectivity index is 1.95. The molecule has 7 heteroatoms. The van der Waals surface area contributed by atoms with Crippen LogP contribution in [-0.4, -0.2) is 41.6 Å². The van der Waals surface area contributed by atoms with E-state index < -0.39 is 12.6 Å². The fourth-order valence-corrected chi connectivity index (χ4v) is 2.10. The molecule has 0 bridgehead atoms. The van der Waals surface area contributed by atoms with Crippen LogP contribution in [0.5, 0.6) is 5.75 Å². The topological polar surface area (TPSA) is 66.8 Å². The van der Waals surface area contributed by atoms with Gasteiger partial charge in [-0.05, 0) is 18.2 Å². The fourth-order valence-electron chi connectivity index (χ4n) is 2.10. The van der Waals surface area contributed by atoms with Gasteiger partial charge in [-0.3, -0.25) is 9.59 Å². The summed E-state index contributed by atoms with van der Waals surface area (Å²) in [7, 11) is 0. The van der Waals surface area contributed by atoms with Crippen molar-refractivity contribution in [3.63, 3.8) is 0 Å². The number of alkyl halides is 2. The lowest BCUT2D eigenvalue weighted by Gasteiger charge is -2.38. The molecule has 2 rings (SSSR count). The van der Waals surface area contributed by atoms with E-state index in [9.17, 15) is 18.4 Å². The molecule has 0 atom stereocenters. The van der Waals surface area contributed by atoms with Crippen molar-refractivity contribution in [2.24, 2.45) is 5.92 Å². The molecule has 108 valence electrons. The lowest BCUT2D eigenvalue weighted by Crippen LogP contribution is -2.50. The van der Waals surface area contributed by atoms with Gasteiger partial charge in [-0.2, -0.15) is 8.78 Å². The first kappa shape index (κ1) is 14.2. The highest BCUT2D eigenvalue weighted by molar-refractivity contribution is 5.95. The van der Waals surface area contributed by atoms with Gasteiger partial charge in [-0.25, -0.2) is 0 Å². The van der Waals surface area contributed by atoms with E-state index >= 15 is 0 Å². The van der Waals surface area contributed by atoms with Crippen LogP contribution < -0.4 is 4.74 Å². The molecular weight excluding hydrogens is 272 g/mol. The van der Waals surface area contributed by atoms with Gasteiger partial charge >= 0.3 is 12.6 Å². The van der Waals surface area contributed by atoms with Gasteiger partial charge in [0.15, 0.2) is 0 Å². The summed E-state index contributed by atoms with van der Waals surface area (Å²) in [6.45, 7) is -2.21. The zero-order valence-electron chi connectivity index (χ0n) is 10.5. The van der Waals surface area contributed by atoms with E-state index in [1.807, 2.05) is 0 Å². The maximum absolute atomic E-state index is 12.1. The van der Waals surface area contributed by atoms with Crippen LogP contribution in [-0.2, 0) is 4.79 Å². The molecule has 1 aliphatic rings. The molecule has 1 fully saturated rings. The molecular formula is C13H13F2NO4. The van der Waals surface area contributed by atoms with Crippen LogP contribution in [0.4, 0.5) is 8.78 Å². The summed E-state index contributed by atoms with van der Waals surface area (Å²) >= 11 is 0. The molecule has 1 aromatic carbocycles. The summed E-state index contributed by atoms with van der Waals surface area (Å²) < 4.78 is 28.4. The normalized spacial score (nSPS) is 15.1. The molecule has 0 radical (unpaired) electrons. The first-order valence-electron chi connectivity index (χ1n) is 6.01. The zero-order valence-corrected chi connectivity index (χ0v) is 10.5. The number of rotatable bonds is 5. The summed E-state index contributed by atoms with van der Waals surface area (Å²) in [5, 5.41) is 8.62. The fraction of sp³-hybridized carbons (Fsp3) is 0.385. The molecule has 0 unspecified atom stereocenters. The van der Waals surface area contributed by atoms with E-state index in [4.69, 9.17) is 5.11 Å². The molecule has 20 heavy (non-hydrogen) atoms. The second-order valence-electron chi connectivity index (χ2n) is 4.58. The van der Waals surface area contributed by atoms with Crippen molar-refractivity contribution in [3.05, 3.63) is 29.8 Å². The number of hydrogen-bond donors (Lipinski definition) is 1. The van der Waals surface area contributed by atoms with Gasteiger partial charge in [0.25, 0.3) is 5.91 Å². The Labute approximate surface area is 113 Å². The van der Waals surface area contributed by atoms with Crippen molar-refractivity contribution >= 4 is 11.9 Å². The molecule has 0 aromatic heterocycles. The van der Waals surface area contributed by atoms with E-state index in [0.717, 1.165) is 0 Å². The van der Waals surface area contributed by atoms with Crippen molar-refractivity contribution in [2.45, 2.75) is 13.0 Å². The predicted molar refractivity (Wildman–Crippen MR) is 64.7 cm³/mol. The zero-order chi connectivity index (χ0) is 14.7. The summed E-state index contributed by atoms with van der Waals surface area (Å²) in [5.41, 5.74) is 0.247. The standard InChI is InChI=1S/C13H13F2NO4/c14-13(15)20-10-3-1-2-9(5-10)12(19)16-6-8(7-16)4-11(17)18/h1-3,5,8,13H,4,6-7H2,(H,17,18). The van der Waals surface area contributed by atoms with Crippen molar-refractivity contribution in [2.75, 3.05) is 13.1 Å². The van der Waals surface area contributed by atoms with Crippen LogP contribution in [0.2, 0.25) is 0 Å². The number of aliphatic carboxylic acids is 1. The third-order valence-corrected chi connectivity index (χ3v) is 3.01. The summed E-state index contributed by atoms with van der Waals surface area (Å²) in [6.07, 6.45) is 0.0261. The summed E-state index contributed by atoms with van der Waals surface area (Å²) in [4.78, 5) is 24.0. The molecule has 0 aliphatic carbocycles. The number of carbonyl (C=O) groups excluding carboxylic acids is 1. The van der Waals surface area contributed by atoms with Crippen molar-refractivity contribution in [1.29, 1.82) is 0 Å². The highest BCUT2D eigenvalue weighted by atomic mass is 19.3. The highest BCUT2D eigenvalue weighted by Crippen LogP contribution is 2.23. The molecule has 1 aliphatic heterocycles. The van der Waals surface area contributed by atoms with Gasteiger partial charge in [0.1, 0.15) is 5.75 Å². The minimum atomic E-state index is -2.94. The highest BCUT2D eigenvalue weighted by Gasteiger charge is 2.32. The Morgan fingerprint density at radius 1 is 1.40 bits per heavy atom. The average molecular weight is 285 g/mol. The maximum Gasteiger partial charge on any atom is 0.387 e. The molecule has 1 amide bonds. The number of halogens is 2. The smallest absolute Gasteiger partial charge is 0.387 e. The number of likely N-dealkylation sites (tertiary alicyclic amines) is 1. The molecule has 5 nitrogen and oxygen atoms in total. The maximum atomic E-state index is 12.1. The van der Waals surface area contributed by atoms with E-state index in [2.05, 4.69) is 4.74 Å². The number of hydrogen-bond acceptors (Lipinski definition) is 3. The number of carboxylic acid groups (broad SMARTS) is 1. The lowest BCUT2D eigenvalue weighted by atomic mass is 9.95. The second kappa shape index (κ2) is 5.85. The second-order valence-corrected chi connectivity index (χ2v) is 4.58. The van der Waals surface area contributed by atoms with Crippen LogP contribution >= 0.6 is 0 Å². The van der Waals surface area contributed by atoms with Gasteiger partial charge in [-0.1, -0.05) is 6.07 Å². The van der Waals surface area contributed by atoms with Crippen molar-refractivity contribution in [3.8, 4) is 5.75 Å². The summed E-state index contributed by atoms with van der Waals surface area (Å²) in [6, 6.07) is 5.55. The quantitative estimate of drug-likeness (QED) is 0.896.